The molecule has 1 aliphatic rings. The van der Waals surface area contributed by atoms with Crippen LogP contribution in [0.2, 0.25) is 0 Å². The molecule has 4 rings (SSSR count). The standard InChI is InChI=1S/C22H21N3O4/c1-13(29-20(27)15-12-23-16-9-5-4-8-14(15)16)19(26)25-18-11-7-6-10-17(18)24-21(28)22(25,2)3/h4-13,23H,1-3H3,(H,24,28)/t13-/m1/s1. The molecule has 7 heteroatoms. The number of ether oxygens (including phenoxy) is 1. The van der Waals surface area contributed by atoms with Crippen molar-refractivity contribution in [2.24, 2.45) is 0 Å². The summed E-state index contributed by atoms with van der Waals surface area (Å²) in [6.07, 6.45) is 0.493. The van der Waals surface area contributed by atoms with E-state index < -0.39 is 23.5 Å². The van der Waals surface area contributed by atoms with Crippen molar-refractivity contribution in [3.05, 3.63) is 60.3 Å². The quantitative estimate of drug-likeness (QED) is 0.669. The molecule has 2 amide bonds. The van der Waals surface area contributed by atoms with Crippen molar-refractivity contribution in [3.63, 3.8) is 0 Å². The van der Waals surface area contributed by atoms with E-state index in [0.29, 0.717) is 16.9 Å². The van der Waals surface area contributed by atoms with Gasteiger partial charge in [0, 0.05) is 17.1 Å². The lowest BCUT2D eigenvalue weighted by molar-refractivity contribution is -0.131. The number of esters is 1. The number of anilines is 2. The Bertz CT molecular complexity index is 1130. The summed E-state index contributed by atoms with van der Waals surface area (Å²) in [5.74, 6) is -1.37. The normalized spacial score (nSPS) is 16.1. The van der Waals surface area contributed by atoms with Gasteiger partial charge in [-0.05, 0) is 39.0 Å². The summed E-state index contributed by atoms with van der Waals surface area (Å²) in [4.78, 5) is 42.9. The zero-order valence-electron chi connectivity index (χ0n) is 16.4. The highest BCUT2D eigenvalue weighted by molar-refractivity contribution is 6.15. The van der Waals surface area contributed by atoms with Crippen LogP contribution in [0.4, 0.5) is 11.4 Å². The van der Waals surface area contributed by atoms with Crippen LogP contribution in [0.25, 0.3) is 10.9 Å². The number of aromatic amines is 1. The van der Waals surface area contributed by atoms with E-state index in [0.717, 1.165) is 10.9 Å². The van der Waals surface area contributed by atoms with E-state index in [4.69, 9.17) is 4.74 Å². The number of rotatable bonds is 3. The molecule has 1 atom stereocenters. The summed E-state index contributed by atoms with van der Waals surface area (Å²) in [6, 6.07) is 14.4. The smallest absolute Gasteiger partial charge is 0.341 e. The molecule has 0 saturated heterocycles. The highest BCUT2D eigenvalue weighted by Gasteiger charge is 2.45. The van der Waals surface area contributed by atoms with Crippen molar-refractivity contribution in [1.29, 1.82) is 0 Å². The minimum Gasteiger partial charge on any atom is -0.449 e. The summed E-state index contributed by atoms with van der Waals surface area (Å²) in [6.45, 7) is 4.83. The van der Waals surface area contributed by atoms with Crippen molar-refractivity contribution in [1.82, 2.24) is 4.98 Å². The van der Waals surface area contributed by atoms with Gasteiger partial charge < -0.3 is 15.0 Å². The number of benzene rings is 2. The molecule has 1 aliphatic heterocycles. The van der Waals surface area contributed by atoms with Gasteiger partial charge in [-0.3, -0.25) is 14.5 Å². The van der Waals surface area contributed by atoms with E-state index in [1.807, 2.05) is 24.3 Å². The van der Waals surface area contributed by atoms with Crippen molar-refractivity contribution in [2.45, 2.75) is 32.4 Å². The van der Waals surface area contributed by atoms with Gasteiger partial charge in [0.2, 0.25) is 5.91 Å². The van der Waals surface area contributed by atoms with Gasteiger partial charge in [-0.15, -0.1) is 0 Å². The topological polar surface area (TPSA) is 91.5 Å². The van der Waals surface area contributed by atoms with Crippen molar-refractivity contribution in [3.8, 4) is 0 Å². The zero-order chi connectivity index (χ0) is 20.8. The molecule has 2 aromatic carbocycles. The fraction of sp³-hybridized carbons (Fsp3) is 0.227. The number of nitrogens with one attached hydrogen (secondary N) is 2. The lowest BCUT2D eigenvalue weighted by Gasteiger charge is -2.42. The molecule has 0 bridgehead atoms. The summed E-state index contributed by atoms with van der Waals surface area (Å²) < 4.78 is 5.48. The lowest BCUT2D eigenvalue weighted by Crippen LogP contribution is -2.60. The number of fused-ring (bicyclic) bond motifs is 2. The molecule has 0 aliphatic carbocycles. The van der Waals surface area contributed by atoms with E-state index in [1.54, 1.807) is 44.3 Å². The number of aromatic nitrogens is 1. The number of nitrogens with zero attached hydrogens (tertiary/aromatic N) is 1. The Morgan fingerprint density at radius 2 is 1.76 bits per heavy atom. The monoisotopic (exact) mass is 391 g/mol. The third-order valence-corrected chi connectivity index (χ3v) is 5.17. The molecule has 1 aromatic heterocycles. The number of carbonyl (C=O) groups is 3. The molecular weight excluding hydrogens is 370 g/mol. The van der Waals surface area contributed by atoms with Gasteiger partial charge in [-0.25, -0.2) is 4.79 Å². The highest BCUT2D eigenvalue weighted by atomic mass is 16.5. The van der Waals surface area contributed by atoms with Gasteiger partial charge in [0.1, 0.15) is 5.54 Å². The number of H-pyrrole nitrogens is 1. The van der Waals surface area contributed by atoms with Crippen LogP contribution < -0.4 is 10.2 Å². The largest absolute Gasteiger partial charge is 0.449 e. The van der Waals surface area contributed by atoms with Crippen molar-refractivity contribution in [2.75, 3.05) is 10.2 Å². The molecule has 0 fully saturated rings. The fourth-order valence-electron chi connectivity index (χ4n) is 3.54. The maximum atomic E-state index is 13.3. The first kappa shape index (κ1) is 18.7. The molecule has 2 N–H and O–H groups in total. The Labute approximate surface area is 167 Å². The van der Waals surface area contributed by atoms with Gasteiger partial charge in [0.15, 0.2) is 6.10 Å². The Morgan fingerprint density at radius 3 is 2.55 bits per heavy atom. The molecule has 29 heavy (non-hydrogen) atoms. The van der Waals surface area contributed by atoms with Crippen molar-refractivity contribution >= 4 is 40.1 Å². The first-order chi connectivity index (χ1) is 13.8. The maximum Gasteiger partial charge on any atom is 0.341 e. The van der Waals surface area contributed by atoms with E-state index >= 15 is 0 Å². The second-order valence-electron chi connectivity index (χ2n) is 7.50. The second-order valence-corrected chi connectivity index (χ2v) is 7.50. The SMILES string of the molecule is C[C@@H](OC(=O)c1c[nH]c2ccccc12)C(=O)N1c2ccccc2NC(=O)C1(C)C. The molecule has 7 nitrogen and oxygen atoms in total. The zero-order valence-corrected chi connectivity index (χ0v) is 16.4. The minimum absolute atomic E-state index is 0.306. The molecule has 0 spiro atoms. The highest BCUT2D eigenvalue weighted by Crippen LogP contribution is 2.37. The lowest BCUT2D eigenvalue weighted by atomic mass is 9.95. The minimum atomic E-state index is -1.13. The van der Waals surface area contributed by atoms with Crippen LogP contribution in [0.1, 0.15) is 31.1 Å². The summed E-state index contributed by atoms with van der Waals surface area (Å²) >= 11 is 0. The van der Waals surface area contributed by atoms with Gasteiger partial charge in [0.25, 0.3) is 5.91 Å². The van der Waals surface area contributed by atoms with E-state index in [9.17, 15) is 14.4 Å². The van der Waals surface area contributed by atoms with Crippen molar-refractivity contribution < 1.29 is 19.1 Å². The average Bonchev–Trinajstić information content (AvgIpc) is 3.12. The van der Waals surface area contributed by atoms with E-state index in [1.165, 1.54) is 11.8 Å². The van der Waals surface area contributed by atoms with Crippen LogP contribution in [0.5, 0.6) is 0 Å². The van der Waals surface area contributed by atoms with Gasteiger partial charge in [-0.2, -0.15) is 0 Å². The first-order valence-corrected chi connectivity index (χ1v) is 9.32. The Morgan fingerprint density at radius 1 is 1.07 bits per heavy atom. The maximum absolute atomic E-state index is 13.3. The van der Waals surface area contributed by atoms with Crippen LogP contribution in [0.15, 0.2) is 54.7 Å². The summed E-state index contributed by atoms with van der Waals surface area (Å²) in [7, 11) is 0. The van der Waals surface area contributed by atoms with Crippen LogP contribution in [0, 0.1) is 0 Å². The van der Waals surface area contributed by atoms with Gasteiger partial charge in [-0.1, -0.05) is 30.3 Å². The van der Waals surface area contributed by atoms with Crippen LogP contribution in [0.3, 0.4) is 0 Å². The molecule has 0 radical (unpaired) electrons. The predicted octanol–water partition coefficient (Wildman–Crippen LogP) is 3.48. The number of para-hydroxylation sites is 3. The third kappa shape index (κ3) is 3.04. The van der Waals surface area contributed by atoms with E-state index in [2.05, 4.69) is 10.3 Å². The van der Waals surface area contributed by atoms with Gasteiger partial charge in [0.05, 0.1) is 16.9 Å². The van der Waals surface area contributed by atoms with Gasteiger partial charge >= 0.3 is 5.97 Å². The number of hydrogen-bond acceptors (Lipinski definition) is 4. The summed E-state index contributed by atoms with van der Waals surface area (Å²) in [5.41, 5.74) is 1.14. The second kappa shape index (κ2) is 6.77. The average molecular weight is 391 g/mol. The number of amides is 2. The summed E-state index contributed by atoms with van der Waals surface area (Å²) in [5, 5.41) is 3.53. The number of carbonyl (C=O) groups excluding carboxylic acids is 3. The predicted molar refractivity (Wildman–Crippen MR) is 110 cm³/mol. The Balaban J connectivity index is 1.62. The number of hydrogen-bond donors (Lipinski definition) is 2. The molecule has 3 aromatic rings. The molecule has 2 heterocycles. The fourth-order valence-corrected chi connectivity index (χ4v) is 3.54. The molecule has 148 valence electrons. The van der Waals surface area contributed by atoms with Crippen LogP contribution >= 0.6 is 0 Å². The molecular formula is C22H21N3O4. The molecule has 0 unspecified atom stereocenters. The Hall–Kier alpha value is -3.61. The Kier molecular flexibility index (Phi) is 4.38. The third-order valence-electron chi connectivity index (χ3n) is 5.17. The van der Waals surface area contributed by atoms with Crippen LogP contribution in [-0.4, -0.2) is 34.4 Å². The first-order valence-electron chi connectivity index (χ1n) is 9.32. The van der Waals surface area contributed by atoms with Crippen LogP contribution in [-0.2, 0) is 14.3 Å². The van der Waals surface area contributed by atoms with E-state index in [-0.39, 0.29) is 5.91 Å². The molecule has 0 saturated carbocycles.